The zero-order chi connectivity index (χ0) is 12.4. The lowest BCUT2D eigenvalue weighted by atomic mass is 9.80. The minimum Gasteiger partial charge on any atom is -0.367 e. The molecule has 0 aromatic carbocycles. The van der Waals surface area contributed by atoms with Crippen LogP contribution in [-0.2, 0) is 6.42 Å². The van der Waals surface area contributed by atoms with Crippen LogP contribution in [0.2, 0.25) is 5.15 Å². The Balaban J connectivity index is 2.15. The Morgan fingerprint density at radius 3 is 2.65 bits per heavy atom. The SMILES string of the molecule is CCc1nc(Cl)c(C)c(NC(C)C2CCC2)n1. The van der Waals surface area contributed by atoms with Gasteiger partial charge < -0.3 is 5.32 Å². The molecular formula is C13H20ClN3. The molecule has 1 heterocycles. The Bertz CT molecular complexity index is 402. The second kappa shape index (κ2) is 5.21. The van der Waals surface area contributed by atoms with Gasteiger partial charge in [-0.3, -0.25) is 0 Å². The Kier molecular flexibility index (Phi) is 3.87. The van der Waals surface area contributed by atoms with Crippen molar-refractivity contribution in [1.82, 2.24) is 9.97 Å². The van der Waals surface area contributed by atoms with Gasteiger partial charge in [-0.15, -0.1) is 0 Å². The van der Waals surface area contributed by atoms with E-state index in [9.17, 15) is 0 Å². The van der Waals surface area contributed by atoms with E-state index in [4.69, 9.17) is 11.6 Å². The Labute approximate surface area is 108 Å². The van der Waals surface area contributed by atoms with Crippen molar-refractivity contribution in [3.63, 3.8) is 0 Å². The predicted molar refractivity (Wildman–Crippen MR) is 71.6 cm³/mol. The average Bonchev–Trinajstić information content (AvgIpc) is 2.21. The highest BCUT2D eigenvalue weighted by Gasteiger charge is 2.24. The number of anilines is 1. The fraction of sp³-hybridized carbons (Fsp3) is 0.692. The molecule has 1 atom stereocenters. The molecule has 0 bridgehead atoms. The van der Waals surface area contributed by atoms with Crippen LogP contribution in [0.4, 0.5) is 5.82 Å². The molecule has 0 spiro atoms. The van der Waals surface area contributed by atoms with Crippen molar-refractivity contribution in [3.8, 4) is 0 Å². The molecule has 3 nitrogen and oxygen atoms in total. The highest BCUT2D eigenvalue weighted by molar-refractivity contribution is 6.30. The van der Waals surface area contributed by atoms with Crippen LogP contribution in [-0.4, -0.2) is 16.0 Å². The van der Waals surface area contributed by atoms with Crippen LogP contribution in [0.1, 0.15) is 44.5 Å². The summed E-state index contributed by atoms with van der Waals surface area (Å²) in [5.74, 6) is 2.50. The molecule has 0 aliphatic heterocycles. The average molecular weight is 254 g/mol. The second-order valence-electron chi connectivity index (χ2n) is 4.88. The number of aromatic nitrogens is 2. The molecule has 0 radical (unpaired) electrons. The molecule has 0 saturated heterocycles. The van der Waals surface area contributed by atoms with Gasteiger partial charge in [0.15, 0.2) is 0 Å². The maximum atomic E-state index is 6.12. The fourth-order valence-corrected chi connectivity index (χ4v) is 2.29. The van der Waals surface area contributed by atoms with E-state index in [1.807, 2.05) is 13.8 Å². The summed E-state index contributed by atoms with van der Waals surface area (Å²) < 4.78 is 0. The molecule has 1 N–H and O–H groups in total. The number of hydrogen-bond acceptors (Lipinski definition) is 3. The first-order valence-corrected chi connectivity index (χ1v) is 6.79. The highest BCUT2D eigenvalue weighted by Crippen LogP contribution is 2.31. The molecule has 1 aliphatic rings. The van der Waals surface area contributed by atoms with Crippen molar-refractivity contribution >= 4 is 17.4 Å². The van der Waals surface area contributed by atoms with Gasteiger partial charge in [0.1, 0.15) is 16.8 Å². The molecule has 1 aromatic rings. The van der Waals surface area contributed by atoms with E-state index in [0.717, 1.165) is 29.5 Å². The van der Waals surface area contributed by atoms with Crippen LogP contribution in [0.15, 0.2) is 0 Å². The summed E-state index contributed by atoms with van der Waals surface area (Å²) in [6, 6.07) is 0.470. The van der Waals surface area contributed by atoms with E-state index in [1.165, 1.54) is 19.3 Å². The maximum absolute atomic E-state index is 6.12. The van der Waals surface area contributed by atoms with Gasteiger partial charge >= 0.3 is 0 Å². The van der Waals surface area contributed by atoms with Gasteiger partial charge in [-0.25, -0.2) is 9.97 Å². The molecule has 1 aliphatic carbocycles. The molecule has 2 rings (SSSR count). The van der Waals surface area contributed by atoms with Gasteiger partial charge in [0.05, 0.1) is 0 Å². The second-order valence-corrected chi connectivity index (χ2v) is 5.24. The molecule has 1 aromatic heterocycles. The highest BCUT2D eigenvalue weighted by atomic mass is 35.5. The van der Waals surface area contributed by atoms with Gasteiger partial charge in [0.2, 0.25) is 0 Å². The largest absolute Gasteiger partial charge is 0.367 e. The Morgan fingerprint density at radius 2 is 2.12 bits per heavy atom. The fourth-order valence-electron chi connectivity index (χ4n) is 2.10. The zero-order valence-corrected chi connectivity index (χ0v) is 11.5. The lowest BCUT2D eigenvalue weighted by molar-refractivity contribution is 0.285. The topological polar surface area (TPSA) is 37.8 Å². The van der Waals surface area contributed by atoms with E-state index in [0.29, 0.717) is 11.2 Å². The van der Waals surface area contributed by atoms with Crippen LogP contribution < -0.4 is 5.32 Å². The predicted octanol–water partition coefficient (Wildman–Crippen LogP) is 3.60. The monoisotopic (exact) mass is 253 g/mol. The summed E-state index contributed by atoms with van der Waals surface area (Å²) in [6.45, 7) is 6.24. The van der Waals surface area contributed by atoms with Gasteiger partial charge in [0, 0.05) is 18.0 Å². The smallest absolute Gasteiger partial charge is 0.137 e. The van der Waals surface area contributed by atoms with Gasteiger partial charge in [-0.2, -0.15) is 0 Å². The minimum absolute atomic E-state index is 0.470. The first kappa shape index (κ1) is 12.6. The first-order chi connectivity index (χ1) is 8.11. The summed E-state index contributed by atoms with van der Waals surface area (Å²) in [5.41, 5.74) is 0.954. The summed E-state index contributed by atoms with van der Waals surface area (Å²) in [5, 5.41) is 4.06. The number of rotatable bonds is 4. The lowest BCUT2D eigenvalue weighted by Crippen LogP contribution is -2.31. The van der Waals surface area contributed by atoms with Crippen LogP contribution >= 0.6 is 11.6 Å². The Hall–Kier alpha value is -0.830. The molecule has 1 unspecified atom stereocenters. The molecule has 94 valence electrons. The van der Waals surface area contributed by atoms with Crippen LogP contribution in [0.5, 0.6) is 0 Å². The van der Waals surface area contributed by atoms with E-state index >= 15 is 0 Å². The van der Waals surface area contributed by atoms with Gasteiger partial charge in [-0.05, 0) is 32.6 Å². The van der Waals surface area contributed by atoms with E-state index in [1.54, 1.807) is 0 Å². The molecule has 1 saturated carbocycles. The first-order valence-electron chi connectivity index (χ1n) is 6.41. The maximum Gasteiger partial charge on any atom is 0.137 e. The van der Waals surface area contributed by atoms with Crippen molar-refractivity contribution in [1.29, 1.82) is 0 Å². The number of hydrogen-bond donors (Lipinski definition) is 1. The van der Waals surface area contributed by atoms with E-state index in [-0.39, 0.29) is 0 Å². The molecule has 0 amide bonds. The number of nitrogens with one attached hydrogen (secondary N) is 1. The van der Waals surface area contributed by atoms with Crippen molar-refractivity contribution in [2.75, 3.05) is 5.32 Å². The lowest BCUT2D eigenvalue weighted by Gasteiger charge is -2.32. The molecule has 1 fully saturated rings. The quantitative estimate of drug-likeness (QED) is 0.834. The van der Waals surface area contributed by atoms with E-state index < -0.39 is 0 Å². The summed E-state index contributed by atoms with van der Waals surface area (Å²) in [4.78, 5) is 8.78. The van der Waals surface area contributed by atoms with Crippen LogP contribution in [0.3, 0.4) is 0 Å². The molecular weight excluding hydrogens is 234 g/mol. The normalized spacial score (nSPS) is 17.6. The van der Waals surface area contributed by atoms with Crippen molar-refractivity contribution < 1.29 is 0 Å². The van der Waals surface area contributed by atoms with Crippen molar-refractivity contribution in [2.24, 2.45) is 5.92 Å². The van der Waals surface area contributed by atoms with Gasteiger partial charge in [0.25, 0.3) is 0 Å². The zero-order valence-electron chi connectivity index (χ0n) is 10.8. The number of nitrogens with zero attached hydrogens (tertiary/aromatic N) is 2. The molecule has 4 heteroatoms. The van der Waals surface area contributed by atoms with Crippen molar-refractivity contribution in [3.05, 3.63) is 16.5 Å². The number of aryl methyl sites for hydroxylation is 1. The standard InChI is InChI=1S/C13H20ClN3/c1-4-11-16-12(14)8(2)13(17-11)15-9(3)10-6-5-7-10/h9-10H,4-7H2,1-3H3,(H,15,16,17). The third-order valence-corrected chi connectivity index (χ3v) is 4.04. The van der Waals surface area contributed by atoms with Gasteiger partial charge in [-0.1, -0.05) is 24.9 Å². The number of halogens is 1. The van der Waals surface area contributed by atoms with Crippen LogP contribution in [0.25, 0.3) is 0 Å². The summed E-state index contributed by atoms with van der Waals surface area (Å²) >= 11 is 6.12. The van der Waals surface area contributed by atoms with Crippen molar-refractivity contribution in [2.45, 2.75) is 52.5 Å². The summed E-state index contributed by atoms with van der Waals surface area (Å²) in [7, 11) is 0. The van der Waals surface area contributed by atoms with E-state index in [2.05, 4.69) is 22.2 Å². The van der Waals surface area contributed by atoms with Crippen LogP contribution in [0, 0.1) is 12.8 Å². The minimum atomic E-state index is 0.470. The third-order valence-electron chi connectivity index (χ3n) is 3.67. The summed E-state index contributed by atoms with van der Waals surface area (Å²) in [6.07, 6.45) is 4.83. The Morgan fingerprint density at radius 1 is 1.41 bits per heavy atom. The molecule has 17 heavy (non-hydrogen) atoms. The third kappa shape index (κ3) is 2.71.